The van der Waals surface area contributed by atoms with Gasteiger partial charge in [0.15, 0.2) is 0 Å². The van der Waals surface area contributed by atoms with Crippen molar-refractivity contribution in [1.29, 1.82) is 0 Å². The number of hydrogen-bond donors (Lipinski definition) is 1. The van der Waals surface area contributed by atoms with Crippen LogP contribution >= 0.6 is 11.6 Å². The zero-order valence-corrected chi connectivity index (χ0v) is 19.4. The minimum Gasteiger partial charge on any atom is -0.495 e. The Morgan fingerprint density at radius 1 is 1.15 bits per heavy atom. The number of aromatic nitrogens is 1. The van der Waals surface area contributed by atoms with Crippen LogP contribution in [-0.4, -0.2) is 35.3 Å². The number of carbonyl (C=O) groups is 2. The van der Waals surface area contributed by atoms with E-state index in [1.807, 2.05) is 0 Å². The fourth-order valence-corrected chi connectivity index (χ4v) is 5.25. The van der Waals surface area contributed by atoms with Crippen molar-refractivity contribution >= 4 is 34.4 Å². The molecule has 1 aromatic heterocycles. The number of carboxylic acid groups (broad SMARTS) is 1. The zero-order valence-electron chi connectivity index (χ0n) is 18.7. The summed E-state index contributed by atoms with van der Waals surface area (Å²) in [6.45, 7) is -1.26. The van der Waals surface area contributed by atoms with Gasteiger partial charge in [-0.25, -0.2) is 0 Å². The van der Waals surface area contributed by atoms with Crippen LogP contribution in [0.25, 0.3) is 10.9 Å². The first kappa shape index (κ1) is 24.0. The zero-order chi connectivity index (χ0) is 24.6. The van der Waals surface area contributed by atoms with E-state index in [0.717, 1.165) is 25.7 Å². The standard InChI is InChI=1S/C25H24ClF2NO5/c1-13-21(22(24(31)32)14-5-3-4-6-14)17-11-20(33-2)18(26)12-19(17)29(13)23(30)15-7-9-16(10-8-15)34-25(27)28/h7-12,14,22,25H,3-6H2,1-2H3,(H,31,32). The Kier molecular flexibility index (Phi) is 6.79. The van der Waals surface area contributed by atoms with Crippen LogP contribution in [0.1, 0.15) is 53.2 Å². The normalized spacial score (nSPS) is 15.1. The summed E-state index contributed by atoms with van der Waals surface area (Å²) < 4.78 is 36.1. The second kappa shape index (κ2) is 9.62. The first-order chi connectivity index (χ1) is 16.2. The number of carbonyl (C=O) groups excluding carboxylic acids is 1. The lowest BCUT2D eigenvalue weighted by Gasteiger charge is -2.20. The largest absolute Gasteiger partial charge is 0.495 e. The van der Waals surface area contributed by atoms with Crippen LogP contribution in [0.3, 0.4) is 0 Å². The van der Waals surface area contributed by atoms with Crippen LogP contribution < -0.4 is 9.47 Å². The lowest BCUT2D eigenvalue weighted by atomic mass is 9.83. The Balaban J connectivity index is 1.90. The Morgan fingerprint density at radius 3 is 2.35 bits per heavy atom. The predicted octanol–water partition coefficient (Wildman–Crippen LogP) is 6.26. The van der Waals surface area contributed by atoms with Crippen molar-refractivity contribution in [3.05, 3.63) is 58.2 Å². The number of carboxylic acids is 1. The van der Waals surface area contributed by atoms with Crippen molar-refractivity contribution in [2.75, 3.05) is 7.11 Å². The SMILES string of the molecule is COc1cc2c(C(C(=O)O)C3CCCC3)c(C)n(C(=O)c3ccc(OC(F)F)cc3)c2cc1Cl. The smallest absolute Gasteiger partial charge is 0.387 e. The molecule has 1 heterocycles. The fraction of sp³-hybridized carbons (Fsp3) is 0.360. The molecule has 1 fully saturated rings. The second-order valence-electron chi connectivity index (χ2n) is 8.41. The van der Waals surface area contributed by atoms with E-state index in [9.17, 15) is 23.5 Å². The molecule has 1 atom stereocenters. The summed E-state index contributed by atoms with van der Waals surface area (Å²) in [7, 11) is 1.47. The Hall–Kier alpha value is -3.13. The molecule has 0 aliphatic heterocycles. The first-order valence-corrected chi connectivity index (χ1v) is 11.3. The number of aliphatic carboxylic acids is 1. The molecule has 1 saturated carbocycles. The molecule has 4 rings (SSSR count). The van der Waals surface area contributed by atoms with E-state index in [2.05, 4.69) is 4.74 Å². The number of ether oxygens (including phenoxy) is 2. The summed E-state index contributed by atoms with van der Waals surface area (Å²) in [6, 6.07) is 8.62. The van der Waals surface area contributed by atoms with Gasteiger partial charge in [-0.05, 0) is 67.6 Å². The fourth-order valence-electron chi connectivity index (χ4n) is 5.01. The molecule has 180 valence electrons. The lowest BCUT2D eigenvalue weighted by molar-refractivity contribution is -0.140. The lowest BCUT2D eigenvalue weighted by Crippen LogP contribution is -2.21. The summed E-state index contributed by atoms with van der Waals surface area (Å²) in [5.41, 5.74) is 1.75. The van der Waals surface area contributed by atoms with Gasteiger partial charge in [0.2, 0.25) is 0 Å². The number of hydrogen-bond acceptors (Lipinski definition) is 4. The molecule has 1 unspecified atom stereocenters. The average Bonchev–Trinajstić information content (AvgIpc) is 3.40. The van der Waals surface area contributed by atoms with E-state index >= 15 is 0 Å². The average molecular weight is 492 g/mol. The van der Waals surface area contributed by atoms with E-state index in [0.29, 0.717) is 27.9 Å². The highest BCUT2D eigenvalue weighted by molar-refractivity contribution is 6.33. The molecular weight excluding hydrogens is 468 g/mol. The molecule has 0 spiro atoms. The molecule has 2 aromatic carbocycles. The van der Waals surface area contributed by atoms with Crippen LogP contribution in [0, 0.1) is 12.8 Å². The van der Waals surface area contributed by atoms with Crippen LogP contribution in [0.15, 0.2) is 36.4 Å². The third-order valence-electron chi connectivity index (χ3n) is 6.50. The Morgan fingerprint density at radius 2 is 1.79 bits per heavy atom. The molecule has 1 aliphatic rings. The highest BCUT2D eigenvalue weighted by atomic mass is 35.5. The van der Waals surface area contributed by atoms with Crippen molar-refractivity contribution in [3.8, 4) is 11.5 Å². The van der Waals surface area contributed by atoms with Gasteiger partial charge in [-0.2, -0.15) is 8.78 Å². The molecule has 0 saturated heterocycles. The van der Waals surface area contributed by atoms with Crippen LogP contribution in [0.5, 0.6) is 11.5 Å². The second-order valence-corrected chi connectivity index (χ2v) is 8.81. The van der Waals surface area contributed by atoms with E-state index < -0.39 is 24.4 Å². The minimum atomic E-state index is -2.97. The van der Waals surface area contributed by atoms with E-state index in [1.165, 1.54) is 35.9 Å². The van der Waals surface area contributed by atoms with Gasteiger partial charge in [-0.3, -0.25) is 14.2 Å². The van der Waals surface area contributed by atoms with Crippen LogP contribution in [0.4, 0.5) is 8.78 Å². The number of fused-ring (bicyclic) bond motifs is 1. The number of benzene rings is 2. The van der Waals surface area contributed by atoms with Gasteiger partial charge >= 0.3 is 12.6 Å². The molecule has 0 amide bonds. The molecule has 3 aromatic rings. The van der Waals surface area contributed by atoms with Crippen molar-refractivity contribution in [2.24, 2.45) is 5.92 Å². The van der Waals surface area contributed by atoms with E-state index in [-0.39, 0.29) is 22.3 Å². The van der Waals surface area contributed by atoms with Crippen molar-refractivity contribution in [3.63, 3.8) is 0 Å². The van der Waals surface area contributed by atoms with Gasteiger partial charge in [-0.15, -0.1) is 0 Å². The first-order valence-electron chi connectivity index (χ1n) is 10.9. The van der Waals surface area contributed by atoms with Gasteiger partial charge in [0, 0.05) is 16.6 Å². The molecule has 1 N–H and O–H groups in total. The molecule has 0 radical (unpaired) electrons. The maximum absolute atomic E-state index is 13.6. The minimum absolute atomic E-state index is 0.0437. The molecule has 9 heteroatoms. The van der Waals surface area contributed by atoms with Gasteiger partial charge in [0.1, 0.15) is 11.5 Å². The third-order valence-corrected chi connectivity index (χ3v) is 6.80. The quantitative estimate of drug-likeness (QED) is 0.422. The van der Waals surface area contributed by atoms with Crippen molar-refractivity contribution in [2.45, 2.75) is 45.1 Å². The highest BCUT2D eigenvalue weighted by Crippen LogP contribution is 2.44. The summed E-state index contributed by atoms with van der Waals surface area (Å²) >= 11 is 6.37. The number of rotatable bonds is 7. The molecule has 0 bridgehead atoms. The summed E-state index contributed by atoms with van der Waals surface area (Å²) in [6.07, 6.45) is 3.53. The van der Waals surface area contributed by atoms with Crippen LogP contribution in [0.2, 0.25) is 5.02 Å². The Bertz CT molecular complexity index is 1230. The van der Waals surface area contributed by atoms with Gasteiger partial charge in [0.25, 0.3) is 5.91 Å². The molecule has 34 heavy (non-hydrogen) atoms. The van der Waals surface area contributed by atoms with E-state index in [4.69, 9.17) is 16.3 Å². The van der Waals surface area contributed by atoms with Crippen LogP contribution in [-0.2, 0) is 4.79 Å². The summed E-state index contributed by atoms with van der Waals surface area (Å²) in [5, 5.41) is 11.1. The third kappa shape index (κ3) is 4.34. The maximum Gasteiger partial charge on any atom is 0.387 e. The van der Waals surface area contributed by atoms with Gasteiger partial charge < -0.3 is 14.6 Å². The summed E-state index contributed by atoms with van der Waals surface area (Å²) in [4.78, 5) is 26.0. The molecule has 6 nitrogen and oxygen atoms in total. The van der Waals surface area contributed by atoms with Gasteiger partial charge in [-0.1, -0.05) is 24.4 Å². The number of halogens is 3. The van der Waals surface area contributed by atoms with Crippen molar-refractivity contribution < 1.29 is 33.0 Å². The highest BCUT2D eigenvalue weighted by Gasteiger charge is 2.37. The van der Waals surface area contributed by atoms with E-state index in [1.54, 1.807) is 19.1 Å². The number of nitrogens with zero attached hydrogens (tertiary/aromatic N) is 1. The molecule has 1 aliphatic carbocycles. The monoisotopic (exact) mass is 491 g/mol. The van der Waals surface area contributed by atoms with Crippen molar-refractivity contribution in [1.82, 2.24) is 4.57 Å². The Labute approximate surface area is 200 Å². The maximum atomic E-state index is 13.6. The topological polar surface area (TPSA) is 77.8 Å². The number of alkyl halides is 2. The molecular formula is C25H24ClF2NO5. The number of methoxy groups -OCH3 is 1. The summed E-state index contributed by atoms with van der Waals surface area (Å²) in [5.74, 6) is -1.90. The predicted molar refractivity (Wildman–Crippen MR) is 123 cm³/mol. The van der Waals surface area contributed by atoms with Gasteiger partial charge in [0.05, 0.1) is 23.6 Å².